The lowest BCUT2D eigenvalue weighted by atomic mass is 10.2. The van der Waals surface area contributed by atoms with Crippen molar-refractivity contribution in [1.29, 1.82) is 0 Å². The summed E-state index contributed by atoms with van der Waals surface area (Å²) in [5.74, 6) is 0.730. The van der Waals surface area contributed by atoms with Gasteiger partial charge < -0.3 is 14.1 Å². The van der Waals surface area contributed by atoms with Crippen molar-refractivity contribution in [2.75, 3.05) is 20.6 Å². The number of nitrogens with zero attached hydrogens (tertiary/aromatic N) is 1. The summed E-state index contributed by atoms with van der Waals surface area (Å²) >= 11 is 0. The Labute approximate surface area is 112 Å². The maximum Gasteiger partial charge on any atom is 0.336 e. The Balaban J connectivity index is 2.10. The van der Waals surface area contributed by atoms with Crippen LogP contribution in [0.3, 0.4) is 0 Å². The number of ether oxygens (including phenoxy) is 1. The van der Waals surface area contributed by atoms with E-state index in [0.717, 1.165) is 24.1 Å². The molecular formula is C15H19NO3. The number of benzene rings is 1. The second-order valence-corrected chi connectivity index (χ2v) is 4.97. The van der Waals surface area contributed by atoms with Crippen molar-refractivity contribution in [1.82, 2.24) is 4.90 Å². The van der Waals surface area contributed by atoms with Crippen LogP contribution in [-0.4, -0.2) is 31.6 Å². The van der Waals surface area contributed by atoms with Gasteiger partial charge in [-0.2, -0.15) is 0 Å². The molecule has 0 fully saturated rings. The molecule has 0 bridgehead atoms. The van der Waals surface area contributed by atoms with Crippen molar-refractivity contribution in [2.24, 2.45) is 0 Å². The van der Waals surface area contributed by atoms with E-state index in [0.29, 0.717) is 5.58 Å². The molecule has 0 spiro atoms. The second-order valence-electron chi connectivity index (χ2n) is 4.97. The van der Waals surface area contributed by atoms with Crippen LogP contribution in [-0.2, 0) is 0 Å². The topological polar surface area (TPSA) is 42.7 Å². The van der Waals surface area contributed by atoms with Crippen LogP contribution in [0.4, 0.5) is 0 Å². The predicted octanol–water partition coefficient (Wildman–Crippen LogP) is 2.51. The third kappa shape index (κ3) is 3.83. The third-order valence-electron chi connectivity index (χ3n) is 2.91. The first kappa shape index (κ1) is 13.6. The van der Waals surface area contributed by atoms with Crippen LogP contribution >= 0.6 is 0 Å². The van der Waals surface area contributed by atoms with E-state index in [2.05, 4.69) is 4.90 Å². The normalized spacial score (nSPS) is 12.8. The summed E-state index contributed by atoms with van der Waals surface area (Å²) in [5, 5.41) is 0.896. The van der Waals surface area contributed by atoms with Crippen molar-refractivity contribution < 1.29 is 9.15 Å². The van der Waals surface area contributed by atoms with Crippen LogP contribution in [0.1, 0.15) is 13.3 Å². The standard InChI is InChI=1S/C15H19NO3/c1-11(8-9-16(2)3)18-13-6-4-12-5-7-15(17)19-14(12)10-13/h4-7,10-11H,8-9H2,1-3H3. The first-order valence-corrected chi connectivity index (χ1v) is 6.40. The lowest BCUT2D eigenvalue weighted by molar-refractivity contribution is 0.194. The molecular weight excluding hydrogens is 242 g/mol. The quantitative estimate of drug-likeness (QED) is 0.776. The first-order valence-electron chi connectivity index (χ1n) is 6.40. The molecule has 0 saturated carbocycles. The summed E-state index contributed by atoms with van der Waals surface area (Å²) in [5.41, 5.74) is 0.218. The molecule has 4 nitrogen and oxygen atoms in total. The maximum atomic E-state index is 11.2. The van der Waals surface area contributed by atoms with Gasteiger partial charge in [-0.15, -0.1) is 0 Å². The van der Waals surface area contributed by atoms with Crippen LogP contribution < -0.4 is 10.4 Å². The molecule has 4 heteroatoms. The van der Waals surface area contributed by atoms with Crippen LogP contribution in [0.25, 0.3) is 11.0 Å². The van der Waals surface area contributed by atoms with Crippen molar-refractivity contribution in [3.8, 4) is 5.75 Å². The number of rotatable bonds is 5. The van der Waals surface area contributed by atoms with E-state index < -0.39 is 0 Å². The van der Waals surface area contributed by atoms with Crippen LogP contribution in [0.5, 0.6) is 5.75 Å². The fourth-order valence-corrected chi connectivity index (χ4v) is 1.85. The monoisotopic (exact) mass is 261 g/mol. The fraction of sp³-hybridized carbons (Fsp3) is 0.400. The van der Waals surface area contributed by atoms with Gasteiger partial charge in [-0.3, -0.25) is 0 Å². The minimum Gasteiger partial charge on any atom is -0.491 e. The lowest BCUT2D eigenvalue weighted by Crippen LogP contribution is -2.21. The van der Waals surface area contributed by atoms with Gasteiger partial charge in [0.25, 0.3) is 0 Å². The van der Waals surface area contributed by atoms with Gasteiger partial charge in [0.2, 0.25) is 0 Å². The van der Waals surface area contributed by atoms with Crippen molar-refractivity contribution in [2.45, 2.75) is 19.4 Å². The highest BCUT2D eigenvalue weighted by Crippen LogP contribution is 2.20. The van der Waals surface area contributed by atoms with Gasteiger partial charge in [0.1, 0.15) is 11.3 Å². The van der Waals surface area contributed by atoms with Crippen molar-refractivity contribution >= 4 is 11.0 Å². The Morgan fingerprint density at radius 1 is 1.26 bits per heavy atom. The van der Waals surface area contributed by atoms with E-state index in [1.54, 1.807) is 12.1 Å². The first-order chi connectivity index (χ1) is 9.04. The van der Waals surface area contributed by atoms with Gasteiger partial charge in [0.15, 0.2) is 0 Å². The maximum absolute atomic E-state index is 11.2. The molecule has 0 N–H and O–H groups in total. The Morgan fingerprint density at radius 2 is 2.00 bits per heavy atom. The van der Waals surface area contributed by atoms with E-state index in [-0.39, 0.29) is 11.7 Å². The smallest absolute Gasteiger partial charge is 0.336 e. The summed E-state index contributed by atoms with van der Waals surface area (Å²) in [4.78, 5) is 13.3. The van der Waals surface area contributed by atoms with E-state index in [4.69, 9.17) is 9.15 Å². The number of hydrogen-bond donors (Lipinski definition) is 0. The van der Waals surface area contributed by atoms with Crippen LogP contribution in [0, 0.1) is 0 Å². The summed E-state index contributed by atoms with van der Waals surface area (Å²) in [6.07, 6.45) is 1.07. The Kier molecular flexibility index (Phi) is 4.22. The average Bonchev–Trinajstić information content (AvgIpc) is 2.36. The molecule has 1 atom stereocenters. The summed E-state index contributed by atoms with van der Waals surface area (Å²) < 4.78 is 11.0. The van der Waals surface area contributed by atoms with Gasteiger partial charge in [-0.1, -0.05) is 0 Å². The molecule has 19 heavy (non-hydrogen) atoms. The average molecular weight is 261 g/mol. The molecule has 2 aromatic rings. The van der Waals surface area contributed by atoms with E-state index >= 15 is 0 Å². The molecule has 1 heterocycles. The van der Waals surface area contributed by atoms with Gasteiger partial charge >= 0.3 is 5.63 Å². The summed E-state index contributed by atoms with van der Waals surface area (Å²) in [7, 11) is 4.08. The van der Waals surface area contributed by atoms with Crippen molar-refractivity contribution in [3.05, 3.63) is 40.8 Å². The van der Waals surface area contributed by atoms with Crippen LogP contribution in [0.15, 0.2) is 39.5 Å². The summed E-state index contributed by atoms with van der Waals surface area (Å²) in [6, 6.07) is 8.73. The van der Waals surface area contributed by atoms with E-state index in [9.17, 15) is 4.79 Å². The highest BCUT2D eigenvalue weighted by Gasteiger charge is 2.06. The van der Waals surface area contributed by atoms with Gasteiger partial charge in [-0.05, 0) is 45.6 Å². The summed E-state index contributed by atoms with van der Waals surface area (Å²) in [6.45, 7) is 3.01. The zero-order valence-corrected chi connectivity index (χ0v) is 11.6. The van der Waals surface area contributed by atoms with Crippen molar-refractivity contribution in [3.63, 3.8) is 0 Å². The fourth-order valence-electron chi connectivity index (χ4n) is 1.85. The van der Waals surface area contributed by atoms with E-state index in [1.165, 1.54) is 6.07 Å². The van der Waals surface area contributed by atoms with Gasteiger partial charge in [-0.25, -0.2) is 4.79 Å². The molecule has 1 aromatic heterocycles. The van der Waals surface area contributed by atoms with E-state index in [1.807, 2.05) is 33.2 Å². The highest BCUT2D eigenvalue weighted by molar-refractivity contribution is 5.77. The minimum absolute atomic E-state index is 0.121. The number of hydrogen-bond acceptors (Lipinski definition) is 4. The molecule has 0 aliphatic carbocycles. The third-order valence-corrected chi connectivity index (χ3v) is 2.91. The molecule has 0 aliphatic rings. The predicted molar refractivity (Wildman–Crippen MR) is 75.7 cm³/mol. The molecule has 102 valence electrons. The molecule has 0 saturated heterocycles. The van der Waals surface area contributed by atoms with Gasteiger partial charge in [0.05, 0.1) is 6.10 Å². The number of fused-ring (bicyclic) bond motifs is 1. The highest BCUT2D eigenvalue weighted by atomic mass is 16.5. The molecule has 1 aromatic carbocycles. The van der Waals surface area contributed by atoms with Crippen LogP contribution in [0.2, 0.25) is 0 Å². The molecule has 0 aliphatic heterocycles. The molecule has 1 unspecified atom stereocenters. The Bertz CT molecular complexity index is 604. The minimum atomic E-state index is -0.342. The zero-order chi connectivity index (χ0) is 13.8. The lowest BCUT2D eigenvalue weighted by Gasteiger charge is -2.17. The molecule has 2 rings (SSSR count). The Morgan fingerprint density at radius 3 is 2.74 bits per heavy atom. The van der Waals surface area contributed by atoms with Gasteiger partial charge in [0, 0.05) is 24.1 Å². The largest absolute Gasteiger partial charge is 0.491 e. The Hall–Kier alpha value is -1.81. The second kappa shape index (κ2) is 5.89. The molecule has 0 radical (unpaired) electrons. The zero-order valence-electron chi connectivity index (χ0n) is 11.6. The molecule has 0 amide bonds. The SMILES string of the molecule is CC(CCN(C)C)Oc1ccc2ccc(=O)oc2c1.